The molecular weight excluding hydrogens is 535 g/mol. The highest BCUT2D eigenvalue weighted by Crippen LogP contribution is 2.33. The van der Waals surface area contributed by atoms with Crippen LogP contribution in [-0.2, 0) is 9.59 Å². The van der Waals surface area contributed by atoms with Crippen LogP contribution in [0.3, 0.4) is 0 Å². The topological polar surface area (TPSA) is 110 Å². The van der Waals surface area contributed by atoms with Crippen LogP contribution >= 0.6 is 0 Å². The maximum Gasteiger partial charge on any atom is 0.244 e. The Bertz CT molecular complexity index is 1650. The summed E-state index contributed by atoms with van der Waals surface area (Å²) in [6.07, 6.45) is 9.82. The minimum Gasteiger partial charge on any atom is -0.337 e. The number of aromatic amines is 1. The van der Waals surface area contributed by atoms with Gasteiger partial charge in [-0.2, -0.15) is 5.10 Å². The molecule has 1 unspecified atom stereocenters. The average Bonchev–Trinajstić information content (AvgIpc) is 3.62. The number of piperazine rings is 1. The van der Waals surface area contributed by atoms with E-state index in [4.69, 9.17) is 6.42 Å². The van der Waals surface area contributed by atoms with Gasteiger partial charge in [0, 0.05) is 67.8 Å². The van der Waals surface area contributed by atoms with Gasteiger partial charge in [-0.1, -0.05) is 5.92 Å². The number of benzene rings is 2. The maximum absolute atomic E-state index is 13.5. The number of likely N-dealkylation sites (tertiary alicyclic amines) is 1. The second kappa shape index (κ2) is 11.2. The summed E-state index contributed by atoms with van der Waals surface area (Å²) < 4.78 is 13.4. The summed E-state index contributed by atoms with van der Waals surface area (Å²) in [5, 5.41) is 11.1. The fourth-order valence-corrected chi connectivity index (χ4v) is 5.81. The maximum atomic E-state index is 13.5. The van der Waals surface area contributed by atoms with Crippen molar-refractivity contribution in [2.45, 2.75) is 19.4 Å². The third kappa shape index (κ3) is 5.29. The van der Waals surface area contributed by atoms with Crippen LogP contribution in [-0.4, -0.2) is 87.1 Å². The fourth-order valence-electron chi connectivity index (χ4n) is 5.81. The highest BCUT2D eigenvalue weighted by atomic mass is 19.1. The van der Waals surface area contributed by atoms with Gasteiger partial charge in [-0.15, -0.1) is 6.42 Å². The van der Waals surface area contributed by atoms with Crippen LogP contribution in [0.1, 0.15) is 13.3 Å². The molecule has 0 radical (unpaired) electrons. The molecule has 0 spiro atoms. The zero-order chi connectivity index (χ0) is 29.3. The molecule has 0 saturated carbocycles. The third-order valence-electron chi connectivity index (χ3n) is 8.14. The van der Waals surface area contributed by atoms with Crippen LogP contribution in [0.4, 0.5) is 16.0 Å². The molecule has 4 heterocycles. The Morgan fingerprint density at radius 1 is 1.14 bits per heavy atom. The van der Waals surface area contributed by atoms with E-state index in [2.05, 4.69) is 36.3 Å². The number of hydrogen-bond donors (Lipinski definition) is 2. The summed E-state index contributed by atoms with van der Waals surface area (Å²) in [6, 6.07) is 13.3. The van der Waals surface area contributed by atoms with E-state index < -0.39 is 5.41 Å². The number of aromatic nitrogens is 4. The van der Waals surface area contributed by atoms with Gasteiger partial charge in [-0.25, -0.2) is 14.4 Å². The Labute approximate surface area is 242 Å². The molecule has 10 nitrogen and oxygen atoms in total. The summed E-state index contributed by atoms with van der Waals surface area (Å²) in [5.41, 5.74) is 1.72. The van der Waals surface area contributed by atoms with Crippen LogP contribution in [0.5, 0.6) is 0 Å². The van der Waals surface area contributed by atoms with Gasteiger partial charge >= 0.3 is 0 Å². The number of carbonyl (C=O) groups is 2. The number of anilines is 2. The Hall–Kier alpha value is -4.82. The third-order valence-corrected chi connectivity index (χ3v) is 8.14. The Balaban J connectivity index is 1.09. The summed E-state index contributed by atoms with van der Waals surface area (Å²) in [5.74, 6) is 2.81. The van der Waals surface area contributed by atoms with Crippen LogP contribution in [0, 0.1) is 23.6 Å². The fraction of sp³-hybridized carbons (Fsp3) is 0.323. The van der Waals surface area contributed by atoms with E-state index >= 15 is 0 Å². The molecule has 2 amide bonds. The van der Waals surface area contributed by atoms with E-state index in [1.807, 2.05) is 28.9 Å². The molecule has 2 N–H and O–H groups in total. The Kier molecular flexibility index (Phi) is 7.31. The van der Waals surface area contributed by atoms with Crippen molar-refractivity contribution < 1.29 is 14.0 Å². The zero-order valence-corrected chi connectivity index (χ0v) is 23.3. The monoisotopic (exact) mass is 566 g/mol. The molecule has 42 heavy (non-hydrogen) atoms. The number of terminal acetylenes is 1. The molecular formula is C31H31FN8O2. The van der Waals surface area contributed by atoms with Gasteiger partial charge < -0.3 is 15.1 Å². The van der Waals surface area contributed by atoms with Gasteiger partial charge in [0.05, 0.1) is 17.8 Å². The first-order chi connectivity index (χ1) is 20.3. The minimum absolute atomic E-state index is 0.00372. The lowest BCUT2D eigenvalue weighted by Crippen LogP contribution is -2.56. The van der Waals surface area contributed by atoms with Crippen LogP contribution in [0.25, 0.3) is 22.2 Å². The number of fused-ring (bicyclic) bond motifs is 1. The zero-order valence-electron chi connectivity index (χ0n) is 23.3. The lowest BCUT2D eigenvalue weighted by atomic mass is 9.87. The molecule has 2 aromatic heterocycles. The van der Waals surface area contributed by atoms with Gasteiger partial charge in [0.25, 0.3) is 0 Å². The lowest BCUT2D eigenvalue weighted by molar-refractivity contribution is -0.135. The number of nitrogens with zero attached hydrogens (tertiary/aromatic N) is 6. The smallest absolute Gasteiger partial charge is 0.244 e. The first-order valence-electron chi connectivity index (χ1n) is 13.9. The van der Waals surface area contributed by atoms with Gasteiger partial charge in [0.1, 0.15) is 11.2 Å². The Morgan fingerprint density at radius 2 is 1.93 bits per heavy atom. The Morgan fingerprint density at radius 3 is 2.67 bits per heavy atom. The summed E-state index contributed by atoms with van der Waals surface area (Å²) in [7, 11) is 0. The highest BCUT2D eigenvalue weighted by Gasteiger charge is 2.44. The van der Waals surface area contributed by atoms with Crippen LogP contribution < -0.4 is 10.2 Å². The van der Waals surface area contributed by atoms with Gasteiger partial charge in [0.15, 0.2) is 0 Å². The van der Waals surface area contributed by atoms with Gasteiger partial charge in [0.2, 0.25) is 17.8 Å². The number of hydrogen-bond acceptors (Lipinski definition) is 7. The van der Waals surface area contributed by atoms with E-state index in [1.165, 1.54) is 12.1 Å². The van der Waals surface area contributed by atoms with Crippen molar-refractivity contribution in [1.82, 2.24) is 30.0 Å². The molecule has 2 aromatic carbocycles. The number of H-pyrrole nitrogens is 1. The predicted molar refractivity (Wildman–Crippen MR) is 158 cm³/mol. The molecule has 0 bridgehead atoms. The molecule has 6 rings (SSSR count). The lowest BCUT2D eigenvalue weighted by Gasteiger charge is -2.40. The number of amides is 2. The van der Waals surface area contributed by atoms with Gasteiger partial charge in [-0.3, -0.25) is 19.6 Å². The summed E-state index contributed by atoms with van der Waals surface area (Å²) in [4.78, 5) is 41.4. The molecule has 2 saturated heterocycles. The minimum atomic E-state index is -1.06. The average molecular weight is 567 g/mol. The van der Waals surface area contributed by atoms with Crippen molar-refractivity contribution in [3.05, 3.63) is 66.7 Å². The molecule has 2 aliphatic heterocycles. The highest BCUT2D eigenvalue weighted by molar-refractivity contribution is 6.01. The van der Waals surface area contributed by atoms with Crippen molar-refractivity contribution >= 4 is 34.4 Å². The largest absolute Gasteiger partial charge is 0.337 e. The van der Waals surface area contributed by atoms with Crippen molar-refractivity contribution in [2.75, 3.05) is 49.5 Å². The van der Waals surface area contributed by atoms with Crippen molar-refractivity contribution in [1.29, 1.82) is 0 Å². The van der Waals surface area contributed by atoms with Crippen LogP contribution in [0.2, 0.25) is 0 Å². The van der Waals surface area contributed by atoms with Crippen molar-refractivity contribution in [3.63, 3.8) is 0 Å². The normalized spacial score (nSPS) is 20.9. The number of halogens is 1. The SMILES string of the molecule is C#CC1(C(=O)Nc2ccc3[nH]nc(-c4ccc(F)cc4)c3c2)CCN(CC(=O)N2CCN(c3ncccn3)C[C@H]2C)C1. The molecule has 0 aliphatic carbocycles. The summed E-state index contributed by atoms with van der Waals surface area (Å²) >= 11 is 0. The van der Waals surface area contributed by atoms with Crippen LogP contribution in [0.15, 0.2) is 60.9 Å². The second-order valence-electron chi connectivity index (χ2n) is 10.9. The molecule has 2 atom stereocenters. The molecule has 2 aliphatic rings. The standard InChI is InChI=1S/C31H31FN8O2/c1-3-31(29(42)35-24-9-10-26-25(17-24)28(37-36-26)22-5-7-23(32)8-6-22)11-14-38(20-31)19-27(41)40-16-15-39(18-21(40)2)30-33-12-4-13-34-30/h1,4-10,12-13,17,21H,11,14-16,18-20H2,2H3,(H,35,42)(H,36,37)/t21-,31?/m1/s1. The molecule has 2 fully saturated rings. The van der Waals surface area contributed by atoms with Gasteiger partial charge in [-0.05, 0) is 61.9 Å². The summed E-state index contributed by atoms with van der Waals surface area (Å²) in [6.45, 7) is 4.94. The van der Waals surface area contributed by atoms with E-state index in [0.717, 1.165) is 16.5 Å². The first kappa shape index (κ1) is 27.4. The van der Waals surface area contributed by atoms with E-state index in [0.29, 0.717) is 56.5 Å². The second-order valence-corrected chi connectivity index (χ2v) is 10.9. The molecule has 214 valence electrons. The van der Waals surface area contributed by atoms with E-state index in [9.17, 15) is 14.0 Å². The number of rotatable bonds is 6. The predicted octanol–water partition coefficient (Wildman–Crippen LogP) is 3.16. The van der Waals surface area contributed by atoms with Crippen molar-refractivity contribution in [3.8, 4) is 23.6 Å². The van der Waals surface area contributed by atoms with E-state index in [1.54, 1.807) is 36.7 Å². The quantitative estimate of drug-likeness (QED) is 0.345. The number of nitrogens with one attached hydrogen (secondary N) is 2. The first-order valence-corrected chi connectivity index (χ1v) is 13.9. The molecule has 11 heteroatoms. The van der Waals surface area contributed by atoms with E-state index in [-0.39, 0.29) is 30.2 Å². The number of carbonyl (C=O) groups excluding carboxylic acids is 2. The van der Waals surface area contributed by atoms with Crippen molar-refractivity contribution in [2.24, 2.45) is 5.41 Å². The molecule has 4 aromatic rings.